The van der Waals surface area contributed by atoms with Gasteiger partial charge in [-0.05, 0) is 68.1 Å². The highest BCUT2D eigenvalue weighted by atomic mass is 32.2. The number of piperidine rings is 1. The highest BCUT2D eigenvalue weighted by Gasteiger charge is 2.34. The Bertz CT molecular complexity index is 993. The molecule has 1 aliphatic carbocycles. The van der Waals surface area contributed by atoms with Gasteiger partial charge in [0.25, 0.3) is 5.91 Å². The molecule has 8 nitrogen and oxygen atoms in total. The summed E-state index contributed by atoms with van der Waals surface area (Å²) in [4.78, 5) is 26.8. The quantitative estimate of drug-likeness (QED) is 0.704. The molecule has 1 aromatic rings. The number of anilines is 1. The number of nitrogens with one attached hydrogen (secondary N) is 1. The Morgan fingerprint density at radius 1 is 1.06 bits per heavy atom. The predicted octanol–water partition coefficient (Wildman–Crippen LogP) is 2.77. The largest absolute Gasteiger partial charge is 0.482 e. The van der Waals surface area contributed by atoms with E-state index in [1.807, 2.05) is 0 Å². The van der Waals surface area contributed by atoms with Gasteiger partial charge in [0.2, 0.25) is 15.9 Å². The maximum Gasteiger partial charge on any atom is 0.265 e. The summed E-state index contributed by atoms with van der Waals surface area (Å²) in [5.74, 6) is 1.07. The van der Waals surface area contributed by atoms with Gasteiger partial charge in [-0.15, -0.1) is 0 Å². The Balaban J connectivity index is 1.53. The third kappa shape index (κ3) is 5.35. The number of hydrogen-bond donors (Lipinski definition) is 1. The molecule has 0 spiro atoms. The first-order chi connectivity index (χ1) is 15.6. The minimum absolute atomic E-state index is 0.118. The number of fused-ring (bicyclic) bond motifs is 1. The first-order valence-corrected chi connectivity index (χ1v) is 13.4. The van der Waals surface area contributed by atoms with Crippen molar-refractivity contribution in [1.29, 1.82) is 0 Å². The van der Waals surface area contributed by atoms with Gasteiger partial charge in [0.1, 0.15) is 12.3 Å². The van der Waals surface area contributed by atoms with E-state index in [0.29, 0.717) is 30.4 Å². The van der Waals surface area contributed by atoms with Crippen LogP contribution in [0, 0.1) is 17.8 Å². The summed E-state index contributed by atoms with van der Waals surface area (Å²) >= 11 is 0. The number of carbonyl (C=O) groups excluding carboxylic acids is 2. The van der Waals surface area contributed by atoms with Gasteiger partial charge in [-0.1, -0.05) is 20.8 Å². The van der Waals surface area contributed by atoms with Crippen molar-refractivity contribution in [2.45, 2.75) is 63.8 Å². The molecule has 1 saturated carbocycles. The lowest BCUT2D eigenvalue weighted by molar-refractivity contribution is -0.125. The molecule has 182 valence electrons. The molecule has 1 aromatic carbocycles. The van der Waals surface area contributed by atoms with Gasteiger partial charge in [-0.3, -0.25) is 14.5 Å². The summed E-state index contributed by atoms with van der Waals surface area (Å²) in [7, 11) is -3.72. The van der Waals surface area contributed by atoms with Crippen molar-refractivity contribution in [1.82, 2.24) is 9.62 Å². The van der Waals surface area contributed by atoms with Gasteiger partial charge < -0.3 is 10.1 Å². The molecule has 2 aliphatic heterocycles. The summed E-state index contributed by atoms with van der Waals surface area (Å²) in [5, 5.41) is 3.04. The fourth-order valence-electron chi connectivity index (χ4n) is 5.29. The maximum atomic E-state index is 13.4. The molecule has 33 heavy (non-hydrogen) atoms. The predicted molar refractivity (Wildman–Crippen MR) is 126 cm³/mol. The summed E-state index contributed by atoms with van der Waals surface area (Å²) < 4.78 is 33.8. The molecule has 9 heteroatoms. The second-order valence-electron chi connectivity index (χ2n) is 10.2. The van der Waals surface area contributed by atoms with E-state index >= 15 is 0 Å². The van der Waals surface area contributed by atoms with Gasteiger partial charge in [0, 0.05) is 19.1 Å². The monoisotopic (exact) mass is 477 g/mol. The lowest BCUT2D eigenvalue weighted by Gasteiger charge is -2.34. The first kappa shape index (κ1) is 24.0. The Morgan fingerprint density at radius 2 is 1.73 bits per heavy atom. The topological polar surface area (TPSA) is 96.0 Å². The van der Waals surface area contributed by atoms with E-state index in [0.717, 1.165) is 32.1 Å². The molecule has 2 amide bonds. The van der Waals surface area contributed by atoms with Crippen LogP contribution < -0.4 is 15.0 Å². The van der Waals surface area contributed by atoms with Crippen molar-refractivity contribution in [2.24, 2.45) is 17.8 Å². The Morgan fingerprint density at radius 3 is 2.39 bits per heavy atom. The van der Waals surface area contributed by atoms with Crippen LogP contribution in [0.1, 0.15) is 52.9 Å². The van der Waals surface area contributed by atoms with Crippen molar-refractivity contribution < 1.29 is 22.7 Å². The smallest absolute Gasteiger partial charge is 0.265 e. The fraction of sp³-hybridized carbons (Fsp3) is 0.667. The SMILES string of the molecule is CC1CCC(NC(=O)CN2C(=O)COc3ccc(S(=O)(=O)N4C[C@H](C)C[C@H](C)C4)cc32)CC1. The molecule has 2 fully saturated rings. The number of sulfonamides is 1. The number of ether oxygens (including phenoxy) is 1. The molecule has 4 rings (SSSR count). The third-order valence-electron chi connectivity index (χ3n) is 7.03. The number of hydrogen-bond acceptors (Lipinski definition) is 5. The summed E-state index contributed by atoms with van der Waals surface area (Å²) in [6.45, 7) is 6.97. The second kappa shape index (κ2) is 9.62. The lowest BCUT2D eigenvalue weighted by atomic mass is 9.87. The van der Waals surface area contributed by atoms with Crippen LogP contribution in [0.25, 0.3) is 0 Å². The minimum Gasteiger partial charge on any atom is -0.482 e. The third-order valence-corrected chi connectivity index (χ3v) is 8.86. The summed E-state index contributed by atoms with van der Waals surface area (Å²) in [6, 6.07) is 4.70. The lowest BCUT2D eigenvalue weighted by Crippen LogP contribution is -2.48. The van der Waals surface area contributed by atoms with Crippen LogP contribution in [-0.2, 0) is 19.6 Å². The zero-order chi connectivity index (χ0) is 23.8. The average molecular weight is 478 g/mol. The van der Waals surface area contributed by atoms with E-state index in [-0.39, 0.29) is 47.7 Å². The molecule has 0 bridgehead atoms. The van der Waals surface area contributed by atoms with Crippen LogP contribution in [0.3, 0.4) is 0 Å². The van der Waals surface area contributed by atoms with E-state index in [9.17, 15) is 18.0 Å². The number of amides is 2. The zero-order valence-corrected chi connectivity index (χ0v) is 20.6. The van der Waals surface area contributed by atoms with Crippen molar-refractivity contribution in [3.63, 3.8) is 0 Å². The molecule has 0 unspecified atom stereocenters. The van der Waals surface area contributed by atoms with Gasteiger partial charge in [-0.2, -0.15) is 4.31 Å². The van der Waals surface area contributed by atoms with Crippen LogP contribution in [-0.4, -0.2) is 56.8 Å². The van der Waals surface area contributed by atoms with Crippen LogP contribution in [0.2, 0.25) is 0 Å². The standard InChI is InChI=1S/C24H35N3O5S/c1-16-4-6-19(7-5-16)25-23(28)14-27-21-11-20(8-9-22(21)32-15-24(27)29)33(30,31)26-12-17(2)10-18(3)13-26/h8-9,11,16-19H,4-7,10,12-15H2,1-3H3,(H,25,28)/t16?,17-,18+,19?. The number of carbonyl (C=O) groups is 2. The van der Waals surface area contributed by atoms with E-state index in [2.05, 4.69) is 26.1 Å². The molecule has 0 aromatic heterocycles. The molecular formula is C24H35N3O5S. The van der Waals surface area contributed by atoms with E-state index in [1.54, 1.807) is 6.07 Å². The zero-order valence-electron chi connectivity index (χ0n) is 19.7. The van der Waals surface area contributed by atoms with E-state index in [1.165, 1.54) is 21.3 Å². The van der Waals surface area contributed by atoms with Gasteiger partial charge in [-0.25, -0.2) is 8.42 Å². The van der Waals surface area contributed by atoms with Gasteiger partial charge in [0.05, 0.1) is 10.6 Å². The maximum absolute atomic E-state index is 13.4. The number of rotatable bonds is 5. The van der Waals surface area contributed by atoms with Gasteiger partial charge in [0.15, 0.2) is 6.61 Å². The van der Waals surface area contributed by atoms with Crippen molar-refractivity contribution in [3.05, 3.63) is 18.2 Å². The van der Waals surface area contributed by atoms with Crippen LogP contribution in [0.15, 0.2) is 23.1 Å². The first-order valence-electron chi connectivity index (χ1n) is 12.0. The Hall–Kier alpha value is -2.13. The molecule has 1 N–H and O–H groups in total. The van der Waals surface area contributed by atoms with Crippen LogP contribution in [0.4, 0.5) is 5.69 Å². The minimum atomic E-state index is -3.72. The number of benzene rings is 1. The molecule has 0 radical (unpaired) electrons. The molecule has 3 aliphatic rings. The molecule has 2 atom stereocenters. The van der Waals surface area contributed by atoms with Crippen molar-refractivity contribution in [2.75, 3.05) is 31.1 Å². The summed E-state index contributed by atoms with van der Waals surface area (Å²) in [6.07, 6.45) is 5.05. The van der Waals surface area contributed by atoms with E-state index < -0.39 is 10.0 Å². The number of nitrogens with zero attached hydrogens (tertiary/aromatic N) is 2. The highest BCUT2D eigenvalue weighted by molar-refractivity contribution is 7.89. The second-order valence-corrected chi connectivity index (χ2v) is 12.1. The summed E-state index contributed by atoms with van der Waals surface area (Å²) in [5.41, 5.74) is 0.331. The van der Waals surface area contributed by atoms with Gasteiger partial charge >= 0.3 is 0 Å². The molecule has 1 saturated heterocycles. The van der Waals surface area contributed by atoms with E-state index in [4.69, 9.17) is 4.74 Å². The molecule has 2 heterocycles. The average Bonchev–Trinajstić information content (AvgIpc) is 2.76. The van der Waals surface area contributed by atoms with Crippen LogP contribution >= 0.6 is 0 Å². The van der Waals surface area contributed by atoms with Crippen molar-refractivity contribution in [3.8, 4) is 5.75 Å². The normalized spacial score (nSPS) is 28.7. The van der Waals surface area contributed by atoms with Crippen molar-refractivity contribution >= 4 is 27.5 Å². The van der Waals surface area contributed by atoms with Crippen LogP contribution in [0.5, 0.6) is 5.75 Å². The Kier molecular flexibility index (Phi) is 7.00. The molecular weight excluding hydrogens is 442 g/mol. The fourth-order valence-corrected chi connectivity index (χ4v) is 6.99. The Labute approximate surface area is 196 Å². The highest BCUT2D eigenvalue weighted by Crippen LogP contribution is 2.36.